The SMILES string of the molecule is CN1CCN(Cc2ncc(CC(=O)N3CCc4ccc(Oc5c(F)cnc6[nH]c(-c7cccnc7)cc56)cc4C3)cc2C(F)(F)F)CC1. The number of nitrogens with one attached hydrogen (secondary N) is 1. The van der Waals surface area contributed by atoms with Gasteiger partial charge in [-0.3, -0.25) is 19.7 Å². The Morgan fingerprint density at radius 3 is 2.58 bits per heavy atom. The van der Waals surface area contributed by atoms with Crippen LogP contribution in [0, 0.1) is 5.82 Å². The van der Waals surface area contributed by atoms with Gasteiger partial charge in [-0.15, -0.1) is 0 Å². The Hall–Kier alpha value is -4.88. The number of hydrogen-bond acceptors (Lipinski definition) is 7. The molecule has 0 saturated carbocycles. The number of aromatic amines is 1. The van der Waals surface area contributed by atoms with Crippen molar-refractivity contribution in [3.05, 3.63) is 101 Å². The molecule has 0 unspecified atom stereocenters. The van der Waals surface area contributed by atoms with E-state index in [1.807, 2.05) is 24.1 Å². The minimum absolute atomic E-state index is 0.0131. The lowest BCUT2D eigenvalue weighted by Crippen LogP contribution is -2.44. The van der Waals surface area contributed by atoms with Gasteiger partial charge in [0.15, 0.2) is 11.6 Å². The van der Waals surface area contributed by atoms with E-state index in [-0.39, 0.29) is 42.4 Å². The third-order valence-corrected chi connectivity index (χ3v) is 8.96. The van der Waals surface area contributed by atoms with Gasteiger partial charge in [-0.1, -0.05) is 6.07 Å². The number of nitrogens with zero attached hydrogens (tertiary/aromatic N) is 6. The number of ether oxygens (including phenoxy) is 1. The summed E-state index contributed by atoms with van der Waals surface area (Å²) in [4.78, 5) is 34.8. The lowest BCUT2D eigenvalue weighted by Gasteiger charge is -2.32. The minimum atomic E-state index is -4.59. The zero-order valence-electron chi connectivity index (χ0n) is 26.2. The molecule has 48 heavy (non-hydrogen) atoms. The highest BCUT2D eigenvalue weighted by Gasteiger charge is 2.35. The van der Waals surface area contributed by atoms with Crippen LogP contribution in [0.1, 0.15) is 27.9 Å². The molecule has 1 N–H and O–H groups in total. The fourth-order valence-electron chi connectivity index (χ4n) is 6.24. The van der Waals surface area contributed by atoms with Crippen molar-refractivity contribution < 1.29 is 27.1 Å². The van der Waals surface area contributed by atoms with Crippen LogP contribution < -0.4 is 4.74 Å². The van der Waals surface area contributed by atoms with Crippen molar-refractivity contribution >= 4 is 16.9 Å². The summed E-state index contributed by atoms with van der Waals surface area (Å²) >= 11 is 0. The summed E-state index contributed by atoms with van der Waals surface area (Å²) in [5.41, 5.74) is 3.20. The van der Waals surface area contributed by atoms with E-state index >= 15 is 4.39 Å². The number of likely N-dealkylation sites (N-methyl/N-ethyl adjacent to an activating group) is 1. The maximum Gasteiger partial charge on any atom is 0.418 e. The molecule has 0 aliphatic carbocycles. The number of fused-ring (bicyclic) bond motifs is 2. The van der Waals surface area contributed by atoms with Crippen molar-refractivity contribution in [2.45, 2.75) is 32.1 Å². The molecular weight excluding hydrogens is 626 g/mol. The van der Waals surface area contributed by atoms with E-state index in [4.69, 9.17) is 4.74 Å². The summed E-state index contributed by atoms with van der Waals surface area (Å²) in [5, 5.41) is 0.463. The van der Waals surface area contributed by atoms with Crippen LogP contribution in [0.3, 0.4) is 0 Å². The van der Waals surface area contributed by atoms with Crippen LogP contribution in [0.2, 0.25) is 0 Å². The van der Waals surface area contributed by atoms with E-state index in [1.165, 1.54) is 6.20 Å². The lowest BCUT2D eigenvalue weighted by atomic mass is 9.98. The molecule has 0 radical (unpaired) electrons. The molecule has 2 aliphatic rings. The number of amides is 1. The van der Waals surface area contributed by atoms with Crippen molar-refractivity contribution in [3.63, 3.8) is 0 Å². The highest BCUT2D eigenvalue weighted by atomic mass is 19.4. The minimum Gasteiger partial charge on any atom is -0.453 e. The van der Waals surface area contributed by atoms with Gasteiger partial charge in [0, 0.05) is 75.7 Å². The van der Waals surface area contributed by atoms with E-state index in [2.05, 4.69) is 24.8 Å². The first-order valence-corrected chi connectivity index (χ1v) is 15.7. The first-order chi connectivity index (χ1) is 23.1. The van der Waals surface area contributed by atoms with Gasteiger partial charge in [-0.05, 0) is 66.6 Å². The third-order valence-electron chi connectivity index (χ3n) is 8.96. The maximum atomic E-state index is 15.0. The number of H-pyrrole nitrogens is 1. The Labute approximate surface area is 274 Å². The number of carbonyl (C=O) groups is 1. The molecule has 0 bridgehead atoms. The Morgan fingerprint density at radius 1 is 0.979 bits per heavy atom. The maximum absolute atomic E-state index is 15.0. The molecule has 1 aromatic carbocycles. The predicted octanol–water partition coefficient (Wildman–Crippen LogP) is 5.84. The molecular formula is C35H33F4N7O2. The molecule has 5 aromatic rings. The first-order valence-electron chi connectivity index (χ1n) is 15.7. The Morgan fingerprint density at radius 2 is 1.81 bits per heavy atom. The first kappa shape index (κ1) is 31.7. The van der Waals surface area contributed by atoms with Crippen LogP contribution in [0.5, 0.6) is 11.5 Å². The van der Waals surface area contributed by atoms with Gasteiger partial charge in [0.05, 0.1) is 29.3 Å². The van der Waals surface area contributed by atoms with Gasteiger partial charge in [-0.2, -0.15) is 13.2 Å². The monoisotopic (exact) mass is 659 g/mol. The van der Waals surface area contributed by atoms with Crippen LogP contribution in [0.15, 0.2) is 67.3 Å². The van der Waals surface area contributed by atoms with Crippen molar-refractivity contribution in [2.75, 3.05) is 39.8 Å². The summed E-state index contributed by atoms with van der Waals surface area (Å²) in [6.07, 6.45) is 1.60. The van der Waals surface area contributed by atoms with E-state index < -0.39 is 17.6 Å². The second-order valence-electron chi connectivity index (χ2n) is 12.3. The van der Waals surface area contributed by atoms with Crippen LogP contribution >= 0.6 is 0 Å². The van der Waals surface area contributed by atoms with Gasteiger partial charge in [0.1, 0.15) is 11.4 Å². The fourth-order valence-corrected chi connectivity index (χ4v) is 6.24. The lowest BCUT2D eigenvalue weighted by molar-refractivity contribution is -0.139. The number of carbonyl (C=O) groups excluding carboxylic acids is 1. The second-order valence-corrected chi connectivity index (χ2v) is 12.3. The number of benzene rings is 1. The average Bonchev–Trinajstić information content (AvgIpc) is 3.52. The van der Waals surface area contributed by atoms with Gasteiger partial charge in [-0.25, -0.2) is 9.37 Å². The summed E-state index contributed by atoms with van der Waals surface area (Å²) in [5.74, 6) is -0.534. The summed E-state index contributed by atoms with van der Waals surface area (Å²) in [7, 11) is 1.99. The number of halogens is 4. The molecule has 7 rings (SSSR count). The zero-order valence-corrected chi connectivity index (χ0v) is 26.2. The molecule has 248 valence electrons. The quantitative estimate of drug-likeness (QED) is 0.220. The van der Waals surface area contributed by atoms with Gasteiger partial charge < -0.3 is 19.5 Å². The van der Waals surface area contributed by atoms with Crippen molar-refractivity contribution in [2.24, 2.45) is 0 Å². The predicted molar refractivity (Wildman–Crippen MR) is 171 cm³/mol. The molecule has 4 aromatic heterocycles. The van der Waals surface area contributed by atoms with Crippen LogP contribution in [-0.2, 0) is 36.9 Å². The zero-order chi connectivity index (χ0) is 33.4. The Bertz CT molecular complexity index is 1960. The standard InChI is InChI=1S/C35H33F4N7O2/c1-44-9-11-45(12-10-44)21-31-28(35(37,38)39)13-22(17-41-31)14-32(47)46-8-6-23-4-5-26(15-25(23)20-46)48-33-27-16-30(24-3-2-7-40-18-24)43-34(27)42-19-29(33)36/h2-5,7,13,15-19H,6,8-12,14,20-21H2,1H3,(H,42,43). The smallest absolute Gasteiger partial charge is 0.418 e. The summed E-state index contributed by atoms with van der Waals surface area (Å²) in [6.45, 7) is 3.68. The fraction of sp³-hybridized carbons (Fsp3) is 0.314. The molecule has 0 spiro atoms. The number of alkyl halides is 3. The molecule has 6 heterocycles. The Kier molecular flexibility index (Phi) is 8.56. The van der Waals surface area contributed by atoms with Crippen LogP contribution in [-0.4, -0.2) is 80.3 Å². The van der Waals surface area contributed by atoms with Crippen molar-refractivity contribution in [1.29, 1.82) is 0 Å². The largest absolute Gasteiger partial charge is 0.453 e. The van der Waals surface area contributed by atoms with E-state index in [1.54, 1.807) is 41.6 Å². The summed E-state index contributed by atoms with van der Waals surface area (Å²) < 4.78 is 63.4. The van der Waals surface area contributed by atoms with Crippen molar-refractivity contribution in [3.8, 4) is 22.8 Å². The van der Waals surface area contributed by atoms with Crippen LogP contribution in [0.4, 0.5) is 17.6 Å². The van der Waals surface area contributed by atoms with E-state index in [0.29, 0.717) is 48.5 Å². The van der Waals surface area contributed by atoms with E-state index in [9.17, 15) is 18.0 Å². The molecule has 2 aliphatic heterocycles. The molecule has 13 heteroatoms. The van der Waals surface area contributed by atoms with Gasteiger partial charge in [0.25, 0.3) is 0 Å². The van der Waals surface area contributed by atoms with Gasteiger partial charge in [0.2, 0.25) is 5.91 Å². The highest BCUT2D eigenvalue weighted by Crippen LogP contribution is 2.36. The molecule has 1 fully saturated rings. The third kappa shape index (κ3) is 6.74. The second kappa shape index (κ2) is 13.0. The van der Waals surface area contributed by atoms with Gasteiger partial charge >= 0.3 is 6.18 Å². The Balaban J connectivity index is 1.06. The van der Waals surface area contributed by atoms with Crippen molar-refractivity contribution in [1.82, 2.24) is 34.6 Å². The average molecular weight is 660 g/mol. The molecule has 0 atom stereocenters. The molecule has 1 amide bonds. The van der Waals surface area contributed by atoms with Crippen LogP contribution in [0.25, 0.3) is 22.3 Å². The normalized spacial score (nSPS) is 15.9. The number of rotatable bonds is 7. The number of hydrogen-bond donors (Lipinski definition) is 1. The van der Waals surface area contributed by atoms with E-state index in [0.717, 1.165) is 42.0 Å². The molecule has 1 saturated heterocycles. The summed E-state index contributed by atoms with van der Waals surface area (Å²) in [6, 6.07) is 11.9. The highest BCUT2D eigenvalue weighted by molar-refractivity contribution is 5.88. The number of aromatic nitrogens is 4. The molecule has 9 nitrogen and oxygen atoms in total. The number of pyridine rings is 3. The number of piperazine rings is 1. The topological polar surface area (TPSA) is 90.5 Å².